The highest BCUT2D eigenvalue weighted by Gasteiger charge is 2.17. The van der Waals surface area contributed by atoms with Crippen molar-refractivity contribution in [1.82, 2.24) is 15.0 Å². The Labute approximate surface area is 122 Å². The number of hydrogen-bond acceptors (Lipinski definition) is 4. The zero-order chi connectivity index (χ0) is 14.7. The van der Waals surface area contributed by atoms with Crippen molar-refractivity contribution in [2.24, 2.45) is 5.73 Å². The first kappa shape index (κ1) is 13.5. The van der Waals surface area contributed by atoms with Crippen molar-refractivity contribution in [1.29, 1.82) is 0 Å². The standard InChI is InChI=1S/C16H16N4O/c17-10-13-8-4-5-9-14(13)15-16(20(11-21)19-18-15)12-6-2-1-3-7-12/h1-9,21H,10-11,17H2. The number of nitrogens with two attached hydrogens (primary N) is 1. The number of hydrogen-bond donors (Lipinski definition) is 2. The monoisotopic (exact) mass is 280 g/mol. The third-order valence-corrected chi connectivity index (χ3v) is 3.41. The molecule has 0 aliphatic heterocycles. The third-order valence-electron chi connectivity index (χ3n) is 3.41. The molecule has 0 atom stereocenters. The van der Waals surface area contributed by atoms with Crippen molar-refractivity contribution < 1.29 is 5.11 Å². The summed E-state index contributed by atoms with van der Waals surface area (Å²) in [6.07, 6.45) is 0. The van der Waals surface area contributed by atoms with Gasteiger partial charge in [0, 0.05) is 17.7 Å². The second-order valence-electron chi connectivity index (χ2n) is 4.65. The summed E-state index contributed by atoms with van der Waals surface area (Å²) in [5.41, 5.74) is 10.2. The van der Waals surface area contributed by atoms with E-state index in [1.54, 1.807) is 0 Å². The molecule has 0 radical (unpaired) electrons. The molecular formula is C16H16N4O. The van der Waals surface area contributed by atoms with Crippen LogP contribution in [0.5, 0.6) is 0 Å². The Morgan fingerprint density at radius 2 is 1.71 bits per heavy atom. The Morgan fingerprint density at radius 1 is 1.00 bits per heavy atom. The van der Waals surface area contributed by atoms with E-state index < -0.39 is 0 Å². The summed E-state index contributed by atoms with van der Waals surface area (Å²) in [4.78, 5) is 0. The first-order chi connectivity index (χ1) is 10.3. The number of nitrogens with zero attached hydrogens (tertiary/aromatic N) is 3. The summed E-state index contributed by atoms with van der Waals surface area (Å²) < 4.78 is 1.48. The van der Waals surface area contributed by atoms with Gasteiger partial charge < -0.3 is 10.8 Å². The summed E-state index contributed by atoms with van der Waals surface area (Å²) >= 11 is 0. The van der Waals surface area contributed by atoms with Crippen LogP contribution < -0.4 is 5.73 Å². The average Bonchev–Trinajstić information content (AvgIpc) is 2.99. The van der Waals surface area contributed by atoms with E-state index in [1.807, 2.05) is 54.6 Å². The van der Waals surface area contributed by atoms with E-state index >= 15 is 0 Å². The number of aliphatic hydroxyl groups excluding tert-OH is 1. The predicted molar refractivity (Wildman–Crippen MR) is 81.0 cm³/mol. The minimum atomic E-state index is -0.220. The highest BCUT2D eigenvalue weighted by Crippen LogP contribution is 2.31. The number of aromatic nitrogens is 3. The summed E-state index contributed by atoms with van der Waals surface area (Å²) in [6, 6.07) is 17.6. The summed E-state index contributed by atoms with van der Waals surface area (Å²) in [7, 11) is 0. The lowest BCUT2D eigenvalue weighted by Gasteiger charge is -2.09. The molecule has 2 aromatic carbocycles. The minimum Gasteiger partial charge on any atom is -0.374 e. The van der Waals surface area contributed by atoms with E-state index in [1.165, 1.54) is 4.68 Å². The van der Waals surface area contributed by atoms with Gasteiger partial charge in [0.15, 0.2) is 0 Å². The molecule has 3 N–H and O–H groups in total. The normalized spacial score (nSPS) is 10.8. The molecule has 0 aliphatic rings. The smallest absolute Gasteiger partial charge is 0.138 e. The molecule has 1 aromatic heterocycles. The van der Waals surface area contributed by atoms with Crippen LogP contribution in [0.2, 0.25) is 0 Å². The van der Waals surface area contributed by atoms with Gasteiger partial charge in [0.2, 0.25) is 0 Å². The molecule has 0 unspecified atom stereocenters. The number of benzene rings is 2. The Morgan fingerprint density at radius 3 is 2.43 bits per heavy atom. The van der Waals surface area contributed by atoms with Crippen LogP contribution in [0.3, 0.4) is 0 Å². The zero-order valence-electron chi connectivity index (χ0n) is 11.5. The summed E-state index contributed by atoms with van der Waals surface area (Å²) in [5.74, 6) is 0. The Balaban J connectivity index is 2.23. The molecule has 5 nitrogen and oxygen atoms in total. The number of aliphatic hydroxyl groups is 1. The first-order valence-corrected chi connectivity index (χ1v) is 6.73. The van der Waals surface area contributed by atoms with Gasteiger partial charge in [-0.3, -0.25) is 0 Å². The molecule has 0 saturated heterocycles. The van der Waals surface area contributed by atoms with Crippen LogP contribution in [-0.4, -0.2) is 20.1 Å². The molecular weight excluding hydrogens is 264 g/mol. The Hall–Kier alpha value is -2.50. The van der Waals surface area contributed by atoms with Gasteiger partial charge in [0.05, 0.1) is 5.69 Å². The highest BCUT2D eigenvalue weighted by molar-refractivity contribution is 5.79. The molecule has 5 heteroatoms. The molecule has 106 valence electrons. The molecule has 3 aromatic rings. The lowest BCUT2D eigenvalue weighted by Crippen LogP contribution is -2.02. The fraction of sp³-hybridized carbons (Fsp3) is 0.125. The average molecular weight is 280 g/mol. The van der Waals surface area contributed by atoms with Gasteiger partial charge in [-0.05, 0) is 5.56 Å². The van der Waals surface area contributed by atoms with Crippen LogP contribution in [0.15, 0.2) is 54.6 Å². The SMILES string of the molecule is NCc1ccccc1-c1nnn(CO)c1-c1ccccc1. The van der Waals surface area contributed by atoms with E-state index in [0.29, 0.717) is 6.54 Å². The van der Waals surface area contributed by atoms with Crippen molar-refractivity contribution >= 4 is 0 Å². The predicted octanol–water partition coefficient (Wildman–Crippen LogP) is 2.02. The van der Waals surface area contributed by atoms with Gasteiger partial charge in [-0.15, -0.1) is 5.10 Å². The molecule has 0 spiro atoms. The van der Waals surface area contributed by atoms with Crippen LogP contribution >= 0.6 is 0 Å². The van der Waals surface area contributed by atoms with Crippen molar-refractivity contribution in [2.75, 3.05) is 0 Å². The second-order valence-corrected chi connectivity index (χ2v) is 4.65. The van der Waals surface area contributed by atoms with E-state index in [0.717, 1.165) is 28.1 Å². The Kier molecular flexibility index (Phi) is 3.77. The van der Waals surface area contributed by atoms with Crippen molar-refractivity contribution in [3.8, 4) is 22.5 Å². The largest absolute Gasteiger partial charge is 0.374 e. The van der Waals surface area contributed by atoms with E-state index in [-0.39, 0.29) is 6.73 Å². The zero-order valence-corrected chi connectivity index (χ0v) is 11.5. The van der Waals surface area contributed by atoms with Crippen molar-refractivity contribution in [2.45, 2.75) is 13.3 Å². The molecule has 0 amide bonds. The van der Waals surface area contributed by atoms with Gasteiger partial charge in [0.25, 0.3) is 0 Å². The lowest BCUT2D eigenvalue weighted by atomic mass is 10.00. The fourth-order valence-corrected chi connectivity index (χ4v) is 2.40. The summed E-state index contributed by atoms with van der Waals surface area (Å²) in [6.45, 7) is 0.207. The molecule has 3 rings (SSSR count). The molecule has 21 heavy (non-hydrogen) atoms. The van der Waals surface area contributed by atoms with Gasteiger partial charge in [-0.25, -0.2) is 4.68 Å². The van der Waals surface area contributed by atoms with Gasteiger partial charge in [-0.2, -0.15) is 0 Å². The topological polar surface area (TPSA) is 77.0 Å². The fourth-order valence-electron chi connectivity index (χ4n) is 2.40. The van der Waals surface area contributed by atoms with Crippen molar-refractivity contribution in [3.63, 3.8) is 0 Å². The molecule has 0 bridgehead atoms. The maximum Gasteiger partial charge on any atom is 0.138 e. The minimum absolute atomic E-state index is 0.220. The second kappa shape index (κ2) is 5.87. The maximum atomic E-state index is 9.50. The van der Waals surface area contributed by atoms with E-state index in [2.05, 4.69) is 10.3 Å². The molecule has 1 heterocycles. The lowest BCUT2D eigenvalue weighted by molar-refractivity contribution is 0.194. The van der Waals surface area contributed by atoms with Crippen LogP contribution in [0.25, 0.3) is 22.5 Å². The third kappa shape index (κ3) is 2.44. The quantitative estimate of drug-likeness (QED) is 0.766. The van der Waals surface area contributed by atoms with Gasteiger partial charge >= 0.3 is 0 Å². The number of rotatable bonds is 4. The molecule has 0 fully saturated rings. The Bertz CT molecular complexity index is 737. The molecule has 0 aliphatic carbocycles. The van der Waals surface area contributed by atoms with E-state index in [4.69, 9.17) is 5.73 Å². The maximum absolute atomic E-state index is 9.50. The van der Waals surface area contributed by atoms with Crippen LogP contribution in [0.4, 0.5) is 0 Å². The van der Waals surface area contributed by atoms with Crippen LogP contribution in [0, 0.1) is 0 Å². The van der Waals surface area contributed by atoms with Gasteiger partial charge in [-0.1, -0.05) is 59.8 Å². The van der Waals surface area contributed by atoms with Crippen LogP contribution in [-0.2, 0) is 13.3 Å². The van der Waals surface area contributed by atoms with Crippen LogP contribution in [0.1, 0.15) is 5.56 Å². The first-order valence-electron chi connectivity index (χ1n) is 6.73. The van der Waals surface area contributed by atoms with E-state index in [9.17, 15) is 5.11 Å². The van der Waals surface area contributed by atoms with Gasteiger partial charge in [0.1, 0.15) is 12.4 Å². The summed E-state index contributed by atoms with van der Waals surface area (Å²) in [5, 5.41) is 17.8. The molecule has 0 saturated carbocycles. The van der Waals surface area contributed by atoms with Crippen molar-refractivity contribution in [3.05, 3.63) is 60.2 Å². The highest BCUT2D eigenvalue weighted by atomic mass is 16.3.